The number of ether oxygens (including phenoxy) is 1. The summed E-state index contributed by atoms with van der Waals surface area (Å²) < 4.78 is 17.9. The first-order valence-corrected chi connectivity index (χ1v) is 6.20. The third-order valence-corrected chi connectivity index (χ3v) is 2.95. The Labute approximate surface area is 124 Å². The van der Waals surface area contributed by atoms with E-state index in [1.807, 2.05) is 0 Å². The van der Waals surface area contributed by atoms with E-state index < -0.39 is 11.8 Å². The van der Waals surface area contributed by atoms with Crippen LogP contribution in [0, 0.1) is 10.7 Å². The summed E-state index contributed by atoms with van der Waals surface area (Å²) in [5, 5.41) is 5.84. The molecule has 0 bridgehead atoms. The first-order chi connectivity index (χ1) is 10.0. The number of nitroso groups, excluding NO2 is 1. The molecule has 0 heterocycles. The van der Waals surface area contributed by atoms with Gasteiger partial charge >= 0.3 is 5.97 Å². The quantitative estimate of drug-likeness (QED) is 0.671. The Kier molecular flexibility index (Phi) is 4.49. The Morgan fingerprint density at radius 2 is 2.05 bits per heavy atom. The molecular formula is C14H10ClFN2O3. The minimum atomic E-state index is -0.722. The number of esters is 1. The highest BCUT2D eigenvalue weighted by Crippen LogP contribution is 2.28. The van der Waals surface area contributed by atoms with Crippen molar-refractivity contribution in [3.63, 3.8) is 0 Å². The minimum Gasteiger partial charge on any atom is -0.465 e. The minimum absolute atomic E-state index is 0.218. The highest BCUT2D eigenvalue weighted by Gasteiger charge is 2.13. The molecule has 0 saturated carbocycles. The van der Waals surface area contributed by atoms with Crippen molar-refractivity contribution < 1.29 is 13.9 Å². The van der Waals surface area contributed by atoms with E-state index in [2.05, 4.69) is 15.2 Å². The van der Waals surface area contributed by atoms with Crippen molar-refractivity contribution in [2.75, 3.05) is 12.4 Å². The predicted molar refractivity (Wildman–Crippen MR) is 77.9 cm³/mol. The first-order valence-electron chi connectivity index (χ1n) is 5.83. The van der Waals surface area contributed by atoms with Gasteiger partial charge in [0.1, 0.15) is 5.69 Å². The molecule has 21 heavy (non-hydrogen) atoms. The zero-order valence-electron chi connectivity index (χ0n) is 10.9. The maximum Gasteiger partial charge on any atom is 0.340 e. The zero-order chi connectivity index (χ0) is 15.4. The number of nitrogens with zero attached hydrogens (tertiary/aromatic N) is 1. The van der Waals surface area contributed by atoms with Crippen LogP contribution in [0.5, 0.6) is 0 Å². The largest absolute Gasteiger partial charge is 0.465 e. The van der Waals surface area contributed by atoms with Crippen LogP contribution in [0.25, 0.3) is 0 Å². The number of methoxy groups -OCH3 is 1. The molecule has 2 aromatic rings. The Balaban J connectivity index is 2.39. The van der Waals surface area contributed by atoms with E-state index in [4.69, 9.17) is 11.6 Å². The lowest BCUT2D eigenvalue weighted by molar-refractivity contribution is 0.0602. The molecule has 0 aliphatic carbocycles. The summed E-state index contributed by atoms with van der Waals surface area (Å²) >= 11 is 5.85. The number of hydrogen-bond acceptors (Lipinski definition) is 5. The lowest BCUT2D eigenvalue weighted by Gasteiger charge is -2.11. The number of halogens is 2. The molecular weight excluding hydrogens is 299 g/mol. The number of benzene rings is 2. The van der Waals surface area contributed by atoms with Gasteiger partial charge in [-0.05, 0) is 41.6 Å². The first kappa shape index (κ1) is 14.9. The van der Waals surface area contributed by atoms with Crippen LogP contribution in [-0.4, -0.2) is 13.1 Å². The summed E-state index contributed by atoms with van der Waals surface area (Å²) in [5.74, 6) is -1.30. The van der Waals surface area contributed by atoms with Crippen LogP contribution in [-0.2, 0) is 4.74 Å². The Morgan fingerprint density at radius 1 is 1.29 bits per heavy atom. The van der Waals surface area contributed by atoms with Crippen LogP contribution in [0.2, 0.25) is 5.02 Å². The second-order valence-electron chi connectivity index (χ2n) is 4.06. The van der Waals surface area contributed by atoms with E-state index >= 15 is 0 Å². The molecule has 0 saturated heterocycles. The van der Waals surface area contributed by atoms with Crippen molar-refractivity contribution in [3.8, 4) is 0 Å². The third kappa shape index (κ3) is 3.35. The molecule has 0 amide bonds. The van der Waals surface area contributed by atoms with E-state index in [1.165, 1.54) is 25.3 Å². The van der Waals surface area contributed by atoms with Crippen LogP contribution in [0.1, 0.15) is 10.4 Å². The zero-order valence-corrected chi connectivity index (χ0v) is 11.6. The molecule has 0 unspecified atom stereocenters. The fourth-order valence-electron chi connectivity index (χ4n) is 1.72. The van der Waals surface area contributed by atoms with Crippen LogP contribution >= 0.6 is 11.6 Å². The topological polar surface area (TPSA) is 67.8 Å². The van der Waals surface area contributed by atoms with Gasteiger partial charge in [0.15, 0.2) is 5.82 Å². The molecule has 5 nitrogen and oxygen atoms in total. The molecule has 0 aliphatic rings. The van der Waals surface area contributed by atoms with Gasteiger partial charge < -0.3 is 10.1 Å². The van der Waals surface area contributed by atoms with Crippen molar-refractivity contribution in [1.29, 1.82) is 0 Å². The Morgan fingerprint density at radius 3 is 2.71 bits per heavy atom. The summed E-state index contributed by atoms with van der Waals surface area (Å²) in [6.45, 7) is 0. The molecule has 108 valence electrons. The monoisotopic (exact) mass is 308 g/mol. The summed E-state index contributed by atoms with van der Waals surface area (Å²) in [5.41, 5.74) is 0.705. The van der Waals surface area contributed by atoms with Crippen LogP contribution in [0.4, 0.5) is 21.5 Å². The molecule has 0 spiro atoms. The average Bonchev–Trinajstić information content (AvgIpc) is 2.50. The molecule has 0 fully saturated rings. The van der Waals surface area contributed by atoms with Gasteiger partial charge in [0, 0.05) is 10.7 Å². The van der Waals surface area contributed by atoms with E-state index in [9.17, 15) is 14.1 Å². The van der Waals surface area contributed by atoms with E-state index in [-0.39, 0.29) is 11.3 Å². The number of nitrogens with one attached hydrogen (secondary N) is 1. The molecule has 7 heteroatoms. The molecule has 2 aromatic carbocycles. The second-order valence-corrected chi connectivity index (χ2v) is 4.50. The van der Waals surface area contributed by atoms with E-state index in [1.54, 1.807) is 12.1 Å². The normalized spacial score (nSPS) is 10.0. The van der Waals surface area contributed by atoms with Gasteiger partial charge in [-0.3, -0.25) is 0 Å². The molecule has 0 aliphatic heterocycles. The number of hydrogen-bond donors (Lipinski definition) is 1. The van der Waals surface area contributed by atoms with Gasteiger partial charge in [-0.2, -0.15) is 0 Å². The summed E-state index contributed by atoms with van der Waals surface area (Å²) in [4.78, 5) is 22.2. The van der Waals surface area contributed by atoms with Gasteiger partial charge in [0.05, 0.1) is 18.4 Å². The van der Waals surface area contributed by atoms with Crippen molar-refractivity contribution in [2.24, 2.45) is 5.18 Å². The highest BCUT2D eigenvalue weighted by molar-refractivity contribution is 6.31. The number of carbonyl (C=O) groups is 1. The average molecular weight is 309 g/mol. The predicted octanol–water partition coefficient (Wildman–Crippen LogP) is 4.41. The molecule has 0 aromatic heterocycles. The van der Waals surface area contributed by atoms with Crippen molar-refractivity contribution >= 4 is 34.6 Å². The fraction of sp³-hybridized carbons (Fsp3) is 0.0714. The SMILES string of the molecule is COC(=O)c1cc(Cl)ccc1Nc1ccc(F)c(N=O)c1. The fourth-order valence-corrected chi connectivity index (χ4v) is 1.89. The van der Waals surface area contributed by atoms with E-state index in [0.717, 1.165) is 6.07 Å². The molecule has 1 N–H and O–H groups in total. The summed E-state index contributed by atoms with van der Waals surface area (Å²) in [6.07, 6.45) is 0. The van der Waals surface area contributed by atoms with Crippen molar-refractivity contribution in [3.05, 3.63) is 57.7 Å². The van der Waals surface area contributed by atoms with Crippen molar-refractivity contribution in [1.82, 2.24) is 0 Å². The number of anilines is 2. The smallest absolute Gasteiger partial charge is 0.340 e. The Bertz CT molecular complexity index is 707. The van der Waals surface area contributed by atoms with Gasteiger partial charge in [-0.15, -0.1) is 4.91 Å². The lowest BCUT2D eigenvalue weighted by atomic mass is 10.1. The molecule has 2 rings (SSSR count). The standard InChI is InChI=1S/C14H10ClFN2O3/c1-21-14(19)10-6-8(15)2-5-12(10)17-9-3-4-11(16)13(7-9)18-20/h2-7,17H,1H3. The Hall–Kier alpha value is -2.47. The van der Waals surface area contributed by atoms with Gasteiger partial charge in [0.25, 0.3) is 0 Å². The summed E-state index contributed by atoms with van der Waals surface area (Å²) in [7, 11) is 1.25. The van der Waals surface area contributed by atoms with Gasteiger partial charge in [-0.25, -0.2) is 9.18 Å². The van der Waals surface area contributed by atoms with E-state index in [0.29, 0.717) is 16.4 Å². The third-order valence-electron chi connectivity index (χ3n) is 2.71. The van der Waals surface area contributed by atoms with Crippen molar-refractivity contribution in [2.45, 2.75) is 0 Å². The molecule has 0 radical (unpaired) electrons. The lowest BCUT2D eigenvalue weighted by Crippen LogP contribution is -2.05. The maximum absolute atomic E-state index is 13.2. The van der Waals surface area contributed by atoms with Gasteiger partial charge in [0.2, 0.25) is 0 Å². The highest BCUT2D eigenvalue weighted by atomic mass is 35.5. The second kappa shape index (κ2) is 6.32. The number of carbonyl (C=O) groups excluding carboxylic acids is 1. The van der Waals surface area contributed by atoms with Gasteiger partial charge in [-0.1, -0.05) is 11.6 Å². The molecule has 0 atom stereocenters. The summed E-state index contributed by atoms with van der Waals surface area (Å²) in [6, 6.07) is 8.35. The van der Waals surface area contributed by atoms with Crippen LogP contribution in [0.3, 0.4) is 0 Å². The number of rotatable bonds is 4. The maximum atomic E-state index is 13.2. The van der Waals surface area contributed by atoms with Crippen LogP contribution < -0.4 is 5.32 Å². The van der Waals surface area contributed by atoms with Crippen LogP contribution in [0.15, 0.2) is 41.6 Å².